The Hall–Kier alpha value is -3.01. The number of nitrogens with two attached hydrogens (primary N) is 1. The highest BCUT2D eigenvalue weighted by molar-refractivity contribution is 5.92. The molecule has 2 N–H and O–H groups in total. The average Bonchev–Trinajstić information content (AvgIpc) is 3.58. The Morgan fingerprint density at radius 3 is 1.55 bits per heavy atom. The van der Waals surface area contributed by atoms with E-state index in [0.717, 1.165) is 38.8 Å². The van der Waals surface area contributed by atoms with Crippen molar-refractivity contribution in [3.05, 3.63) is 95.1 Å². The Balaban J connectivity index is 0.000000233. The Bertz CT molecular complexity index is 1320. The number of likely N-dealkylation sites (tertiary alicyclic amines) is 1. The van der Waals surface area contributed by atoms with Crippen molar-refractivity contribution < 1.29 is 4.79 Å². The number of hydrogen-bond acceptors (Lipinski definition) is 3. The molecule has 4 aromatic carbocycles. The molecule has 2 aliphatic carbocycles. The SMILES string of the molecule is CC.CC.CC.CC.NC1Cc2cccc3cccc1c23.O=C1CCN(C2Cc3cccc4cccc2c34)CC1. The van der Waals surface area contributed by atoms with Crippen LogP contribution in [0.1, 0.15) is 103 Å². The summed E-state index contributed by atoms with van der Waals surface area (Å²) in [4.78, 5) is 13.9. The zero-order chi connectivity index (χ0) is 29.7. The van der Waals surface area contributed by atoms with Gasteiger partial charge in [0.05, 0.1) is 0 Å². The first-order valence-electron chi connectivity index (χ1n) is 15.7. The van der Waals surface area contributed by atoms with Gasteiger partial charge in [-0.2, -0.15) is 0 Å². The maximum atomic E-state index is 11.4. The Morgan fingerprint density at radius 2 is 1.02 bits per heavy atom. The van der Waals surface area contributed by atoms with Crippen LogP contribution in [0.5, 0.6) is 0 Å². The molecule has 0 saturated carbocycles. The number of carbonyl (C=O) groups excluding carboxylic acids is 1. The van der Waals surface area contributed by atoms with Crippen molar-refractivity contribution in [2.75, 3.05) is 13.1 Å². The molecule has 40 heavy (non-hydrogen) atoms. The Morgan fingerprint density at radius 1 is 0.600 bits per heavy atom. The van der Waals surface area contributed by atoms with Crippen molar-refractivity contribution >= 4 is 27.3 Å². The fraction of sp³-hybridized carbons (Fsp3) is 0.432. The summed E-state index contributed by atoms with van der Waals surface area (Å²) >= 11 is 0. The lowest BCUT2D eigenvalue weighted by Crippen LogP contribution is -2.36. The molecule has 0 aromatic heterocycles. The number of piperidine rings is 1. The van der Waals surface area contributed by atoms with Gasteiger partial charge in [0.15, 0.2) is 0 Å². The van der Waals surface area contributed by atoms with Gasteiger partial charge in [0.25, 0.3) is 0 Å². The van der Waals surface area contributed by atoms with Gasteiger partial charge in [-0.15, -0.1) is 0 Å². The topological polar surface area (TPSA) is 46.3 Å². The molecule has 0 radical (unpaired) electrons. The van der Waals surface area contributed by atoms with Gasteiger partial charge in [-0.3, -0.25) is 9.69 Å². The van der Waals surface area contributed by atoms with Crippen LogP contribution in [-0.2, 0) is 17.6 Å². The van der Waals surface area contributed by atoms with Gasteiger partial charge in [-0.05, 0) is 56.6 Å². The summed E-state index contributed by atoms with van der Waals surface area (Å²) in [6.45, 7) is 17.8. The van der Waals surface area contributed by atoms with Gasteiger partial charge in [0, 0.05) is 38.0 Å². The van der Waals surface area contributed by atoms with Crippen molar-refractivity contribution in [1.29, 1.82) is 0 Å². The summed E-state index contributed by atoms with van der Waals surface area (Å²) in [5.41, 5.74) is 11.7. The smallest absolute Gasteiger partial charge is 0.135 e. The van der Waals surface area contributed by atoms with Crippen molar-refractivity contribution in [3.63, 3.8) is 0 Å². The average molecular weight is 541 g/mol. The molecule has 1 heterocycles. The number of carbonyl (C=O) groups is 1. The number of ketones is 1. The van der Waals surface area contributed by atoms with E-state index < -0.39 is 0 Å². The van der Waals surface area contributed by atoms with Crippen molar-refractivity contribution in [1.82, 2.24) is 4.90 Å². The number of benzene rings is 4. The van der Waals surface area contributed by atoms with E-state index in [1.165, 1.54) is 43.8 Å². The number of hydrogen-bond donors (Lipinski definition) is 1. The molecule has 3 nitrogen and oxygen atoms in total. The van der Waals surface area contributed by atoms with Crippen LogP contribution in [0, 0.1) is 0 Å². The van der Waals surface area contributed by atoms with Crippen LogP contribution in [0.15, 0.2) is 72.8 Å². The summed E-state index contributed by atoms with van der Waals surface area (Å²) in [6.07, 6.45) is 3.55. The summed E-state index contributed by atoms with van der Waals surface area (Å²) in [5, 5.41) is 5.51. The van der Waals surface area contributed by atoms with Crippen molar-refractivity contribution in [2.24, 2.45) is 5.73 Å². The lowest BCUT2D eigenvalue weighted by atomic mass is 10.0. The number of nitrogens with zero attached hydrogens (tertiary/aromatic N) is 1. The standard InChI is InChI=1S/C17H17NO.C12H11N.4C2H6/c19-14-7-9-18(10-8-14)16-11-13-5-1-3-12-4-2-6-15(16)17(12)13;13-11-7-9-5-1-3-8-4-2-6-10(11)12(8)9;4*1-2/h1-6,16H,7-11H2;1-6,11H,7,13H2;4*1-2H3. The second-order valence-corrected chi connectivity index (χ2v) is 9.33. The molecular weight excluding hydrogens is 488 g/mol. The summed E-state index contributed by atoms with van der Waals surface area (Å²) in [7, 11) is 0. The van der Waals surface area contributed by atoms with Crippen LogP contribution in [0.4, 0.5) is 0 Å². The van der Waals surface area contributed by atoms with Gasteiger partial charge in [0.2, 0.25) is 0 Å². The molecule has 216 valence electrons. The molecule has 0 spiro atoms. The Labute approximate surface area is 243 Å². The monoisotopic (exact) mass is 540 g/mol. The van der Waals surface area contributed by atoms with Crippen LogP contribution >= 0.6 is 0 Å². The fourth-order valence-corrected chi connectivity index (χ4v) is 5.90. The first kappa shape index (κ1) is 33.2. The number of Topliss-reactive ketones (excluding diaryl/α,β-unsaturated/α-hetero) is 1. The van der Waals surface area contributed by atoms with Gasteiger partial charge in [0.1, 0.15) is 5.78 Å². The lowest BCUT2D eigenvalue weighted by molar-refractivity contribution is -0.121. The predicted molar refractivity (Wildman–Crippen MR) is 176 cm³/mol. The van der Waals surface area contributed by atoms with Crippen LogP contribution < -0.4 is 5.73 Å². The van der Waals surface area contributed by atoms with E-state index in [-0.39, 0.29) is 6.04 Å². The molecule has 2 atom stereocenters. The third kappa shape index (κ3) is 7.19. The molecule has 0 bridgehead atoms. The van der Waals surface area contributed by atoms with Gasteiger partial charge >= 0.3 is 0 Å². The van der Waals surface area contributed by atoms with Crippen LogP contribution in [0.3, 0.4) is 0 Å². The third-order valence-electron chi connectivity index (χ3n) is 7.45. The van der Waals surface area contributed by atoms with Crippen molar-refractivity contribution in [3.8, 4) is 0 Å². The molecule has 1 fully saturated rings. The molecule has 3 aliphatic rings. The molecule has 0 amide bonds. The molecule has 1 saturated heterocycles. The molecule has 1 aliphatic heterocycles. The second kappa shape index (κ2) is 16.9. The molecule has 2 unspecified atom stereocenters. The maximum Gasteiger partial charge on any atom is 0.135 e. The molecule has 4 aromatic rings. The maximum absolute atomic E-state index is 11.4. The van der Waals surface area contributed by atoms with E-state index in [4.69, 9.17) is 5.73 Å². The molecule has 7 rings (SSSR count). The van der Waals surface area contributed by atoms with Crippen LogP contribution in [-0.4, -0.2) is 23.8 Å². The van der Waals surface area contributed by atoms with E-state index in [2.05, 4.69) is 77.7 Å². The fourth-order valence-electron chi connectivity index (χ4n) is 5.90. The highest BCUT2D eigenvalue weighted by atomic mass is 16.1. The van der Waals surface area contributed by atoms with E-state index in [1.807, 2.05) is 55.4 Å². The summed E-state index contributed by atoms with van der Waals surface area (Å²) in [5.74, 6) is 0.421. The quantitative estimate of drug-likeness (QED) is 0.261. The first-order chi connectivity index (χ1) is 19.7. The summed E-state index contributed by atoms with van der Waals surface area (Å²) < 4.78 is 0. The second-order valence-electron chi connectivity index (χ2n) is 9.33. The lowest BCUT2D eigenvalue weighted by Gasteiger charge is -2.32. The molecule has 3 heteroatoms. The highest BCUT2D eigenvalue weighted by Crippen LogP contribution is 2.40. The van der Waals surface area contributed by atoms with Gasteiger partial charge in [-0.1, -0.05) is 128 Å². The van der Waals surface area contributed by atoms with Gasteiger partial charge < -0.3 is 5.73 Å². The minimum atomic E-state index is 0.209. The zero-order valence-corrected chi connectivity index (χ0v) is 26.3. The minimum Gasteiger partial charge on any atom is -0.324 e. The zero-order valence-electron chi connectivity index (χ0n) is 26.3. The normalized spacial score (nSPS) is 18.0. The van der Waals surface area contributed by atoms with Gasteiger partial charge in [-0.25, -0.2) is 0 Å². The van der Waals surface area contributed by atoms with Crippen molar-refractivity contribution in [2.45, 2.75) is 93.2 Å². The largest absolute Gasteiger partial charge is 0.324 e. The molecular formula is C37H52N2O. The first-order valence-corrected chi connectivity index (χ1v) is 15.7. The van der Waals surface area contributed by atoms with E-state index in [1.54, 1.807) is 0 Å². The van der Waals surface area contributed by atoms with E-state index in [9.17, 15) is 4.79 Å². The highest BCUT2D eigenvalue weighted by Gasteiger charge is 2.31. The van der Waals surface area contributed by atoms with Crippen LogP contribution in [0.25, 0.3) is 21.5 Å². The summed E-state index contributed by atoms with van der Waals surface area (Å²) in [6, 6.07) is 26.7. The number of rotatable bonds is 1. The minimum absolute atomic E-state index is 0.209. The third-order valence-corrected chi connectivity index (χ3v) is 7.45. The van der Waals surface area contributed by atoms with E-state index >= 15 is 0 Å². The van der Waals surface area contributed by atoms with E-state index in [0.29, 0.717) is 11.8 Å². The van der Waals surface area contributed by atoms with Crippen LogP contribution in [0.2, 0.25) is 0 Å². The Kier molecular flexibility index (Phi) is 14.1. The predicted octanol–water partition coefficient (Wildman–Crippen LogP) is 9.60.